The molecule has 0 aromatic heterocycles. The molecule has 0 aliphatic rings. The summed E-state index contributed by atoms with van der Waals surface area (Å²) in [4.78, 5) is 12.6. The Hall–Kier alpha value is -1.00. The summed E-state index contributed by atoms with van der Waals surface area (Å²) in [5.74, 6) is 0.598. The summed E-state index contributed by atoms with van der Waals surface area (Å²) in [6.07, 6.45) is 0.982. The van der Waals surface area contributed by atoms with Crippen LogP contribution in [-0.2, 0) is 4.79 Å². The lowest BCUT2D eigenvalue weighted by atomic mass is 10.4. The van der Waals surface area contributed by atoms with Crippen LogP contribution in [0.1, 0.15) is 13.3 Å². The summed E-state index contributed by atoms with van der Waals surface area (Å²) < 4.78 is 0. The van der Waals surface area contributed by atoms with Gasteiger partial charge in [0.2, 0.25) is 5.91 Å². The molecule has 1 amide bonds. The van der Waals surface area contributed by atoms with Crippen molar-refractivity contribution in [2.75, 3.05) is 25.4 Å². The average Bonchev–Trinajstić information content (AvgIpc) is 2.37. The standard InChI is InChI=1S/C13H20N2OS/c1-2-14-9-6-10-15-13(16)11-17-12-7-4-3-5-8-12/h3-5,7-8,14H,2,6,9-11H2,1H3,(H,15,16). The Bertz CT molecular complexity index is 316. The number of benzene rings is 1. The Morgan fingerprint density at radius 2 is 2.00 bits per heavy atom. The van der Waals surface area contributed by atoms with E-state index in [1.165, 1.54) is 0 Å². The summed E-state index contributed by atoms with van der Waals surface area (Å²) >= 11 is 1.57. The van der Waals surface area contributed by atoms with Crippen molar-refractivity contribution < 1.29 is 4.79 Å². The molecule has 0 spiro atoms. The van der Waals surface area contributed by atoms with Crippen molar-refractivity contribution in [3.63, 3.8) is 0 Å². The van der Waals surface area contributed by atoms with Gasteiger partial charge in [-0.15, -0.1) is 11.8 Å². The van der Waals surface area contributed by atoms with E-state index in [1.807, 2.05) is 30.3 Å². The van der Waals surface area contributed by atoms with Gasteiger partial charge in [-0.25, -0.2) is 0 Å². The second-order valence-electron chi connectivity index (χ2n) is 3.66. The van der Waals surface area contributed by atoms with Gasteiger partial charge in [-0.3, -0.25) is 4.79 Å². The summed E-state index contributed by atoms with van der Waals surface area (Å²) in [5, 5.41) is 6.14. The quantitative estimate of drug-likeness (QED) is 0.548. The van der Waals surface area contributed by atoms with Crippen LogP contribution in [0.5, 0.6) is 0 Å². The molecule has 0 saturated heterocycles. The second-order valence-corrected chi connectivity index (χ2v) is 4.71. The van der Waals surface area contributed by atoms with Gasteiger partial charge in [0.25, 0.3) is 0 Å². The molecule has 0 saturated carbocycles. The van der Waals surface area contributed by atoms with Crippen LogP contribution >= 0.6 is 11.8 Å². The topological polar surface area (TPSA) is 41.1 Å². The molecule has 0 atom stereocenters. The van der Waals surface area contributed by atoms with Gasteiger partial charge in [-0.1, -0.05) is 25.1 Å². The number of thioether (sulfide) groups is 1. The molecule has 1 aromatic carbocycles. The molecule has 3 nitrogen and oxygen atoms in total. The Morgan fingerprint density at radius 3 is 2.71 bits per heavy atom. The van der Waals surface area contributed by atoms with Crippen molar-refractivity contribution in [1.82, 2.24) is 10.6 Å². The maximum atomic E-state index is 11.5. The zero-order chi connectivity index (χ0) is 12.3. The van der Waals surface area contributed by atoms with Crippen LogP contribution < -0.4 is 10.6 Å². The molecule has 0 aliphatic carbocycles. The molecule has 4 heteroatoms. The minimum Gasteiger partial charge on any atom is -0.355 e. The maximum absolute atomic E-state index is 11.5. The van der Waals surface area contributed by atoms with Crippen molar-refractivity contribution in [3.8, 4) is 0 Å². The third-order valence-corrected chi connectivity index (χ3v) is 3.23. The van der Waals surface area contributed by atoms with Crippen molar-refractivity contribution >= 4 is 17.7 Å². The largest absolute Gasteiger partial charge is 0.355 e. The second kappa shape index (κ2) is 9.07. The maximum Gasteiger partial charge on any atom is 0.230 e. The highest BCUT2D eigenvalue weighted by Gasteiger charge is 2.01. The van der Waals surface area contributed by atoms with E-state index in [9.17, 15) is 4.79 Å². The van der Waals surface area contributed by atoms with Gasteiger partial charge < -0.3 is 10.6 Å². The highest BCUT2D eigenvalue weighted by molar-refractivity contribution is 8.00. The summed E-state index contributed by atoms with van der Waals surface area (Å²) in [6, 6.07) is 9.98. The molecular formula is C13H20N2OS. The molecule has 1 rings (SSSR count). The van der Waals surface area contributed by atoms with Gasteiger partial charge in [-0.05, 0) is 31.6 Å². The summed E-state index contributed by atoms with van der Waals surface area (Å²) in [5.41, 5.74) is 0. The SMILES string of the molecule is CCNCCCNC(=O)CSc1ccccc1. The van der Waals surface area contributed by atoms with Gasteiger partial charge in [0, 0.05) is 11.4 Å². The van der Waals surface area contributed by atoms with Crippen LogP contribution in [0.2, 0.25) is 0 Å². The van der Waals surface area contributed by atoms with Crippen LogP contribution in [0.4, 0.5) is 0 Å². The van der Waals surface area contributed by atoms with E-state index in [2.05, 4.69) is 17.6 Å². The number of amides is 1. The van der Waals surface area contributed by atoms with E-state index >= 15 is 0 Å². The Balaban J connectivity index is 2.05. The third kappa shape index (κ3) is 7.02. The number of carbonyl (C=O) groups is 1. The monoisotopic (exact) mass is 252 g/mol. The van der Waals surface area contributed by atoms with Crippen LogP contribution in [-0.4, -0.2) is 31.3 Å². The first kappa shape index (κ1) is 14.1. The van der Waals surface area contributed by atoms with Gasteiger partial charge in [0.1, 0.15) is 0 Å². The number of rotatable bonds is 8. The van der Waals surface area contributed by atoms with E-state index < -0.39 is 0 Å². The smallest absolute Gasteiger partial charge is 0.230 e. The van der Waals surface area contributed by atoms with E-state index in [0.717, 1.165) is 31.0 Å². The number of nitrogens with one attached hydrogen (secondary N) is 2. The fourth-order valence-electron chi connectivity index (χ4n) is 1.33. The molecule has 0 radical (unpaired) electrons. The Labute approximate surface area is 107 Å². The zero-order valence-electron chi connectivity index (χ0n) is 10.2. The fraction of sp³-hybridized carbons (Fsp3) is 0.462. The van der Waals surface area contributed by atoms with Crippen LogP contribution in [0.25, 0.3) is 0 Å². The molecule has 2 N–H and O–H groups in total. The first-order valence-corrected chi connectivity index (χ1v) is 6.96. The zero-order valence-corrected chi connectivity index (χ0v) is 11.1. The van der Waals surface area contributed by atoms with Gasteiger partial charge in [0.05, 0.1) is 5.75 Å². The van der Waals surface area contributed by atoms with Crippen LogP contribution in [0, 0.1) is 0 Å². The Kier molecular flexibility index (Phi) is 7.51. The number of hydrogen-bond donors (Lipinski definition) is 2. The fourth-order valence-corrected chi connectivity index (χ4v) is 2.08. The summed E-state index contributed by atoms with van der Waals surface area (Å²) in [6.45, 7) is 4.77. The Morgan fingerprint density at radius 1 is 1.24 bits per heavy atom. The highest BCUT2D eigenvalue weighted by Crippen LogP contribution is 2.15. The lowest BCUT2D eigenvalue weighted by Crippen LogP contribution is -2.28. The molecule has 0 aliphatic heterocycles. The summed E-state index contributed by atoms with van der Waals surface area (Å²) in [7, 11) is 0. The molecule has 0 unspecified atom stereocenters. The molecule has 0 heterocycles. The normalized spacial score (nSPS) is 10.2. The predicted molar refractivity (Wildman–Crippen MR) is 73.3 cm³/mol. The van der Waals surface area contributed by atoms with Crippen molar-refractivity contribution in [2.24, 2.45) is 0 Å². The third-order valence-electron chi connectivity index (χ3n) is 2.22. The van der Waals surface area contributed by atoms with Gasteiger partial charge in [0.15, 0.2) is 0 Å². The number of hydrogen-bond acceptors (Lipinski definition) is 3. The number of carbonyl (C=O) groups excluding carboxylic acids is 1. The average molecular weight is 252 g/mol. The molecule has 1 aromatic rings. The van der Waals surface area contributed by atoms with Crippen LogP contribution in [0.3, 0.4) is 0 Å². The molecule has 94 valence electrons. The van der Waals surface area contributed by atoms with E-state index in [4.69, 9.17) is 0 Å². The lowest BCUT2D eigenvalue weighted by molar-refractivity contribution is -0.118. The molecular weight excluding hydrogens is 232 g/mol. The van der Waals surface area contributed by atoms with Crippen molar-refractivity contribution in [3.05, 3.63) is 30.3 Å². The highest BCUT2D eigenvalue weighted by atomic mass is 32.2. The van der Waals surface area contributed by atoms with Crippen molar-refractivity contribution in [1.29, 1.82) is 0 Å². The van der Waals surface area contributed by atoms with E-state index in [1.54, 1.807) is 11.8 Å². The first-order chi connectivity index (χ1) is 8.33. The van der Waals surface area contributed by atoms with E-state index in [0.29, 0.717) is 5.75 Å². The van der Waals surface area contributed by atoms with Crippen molar-refractivity contribution in [2.45, 2.75) is 18.2 Å². The van der Waals surface area contributed by atoms with Gasteiger partial charge in [-0.2, -0.15) is 0 Å². The predicted octanol–water partition coefficient (Wildman–Crippen LogP) is 1.89. The van der Waals surface area contributed by atoms with Crippen LogP contribution in [0.15, 0.2) is 35.2 Å². The molecule has 0 bridgehead atoms. The minimum absolute atomic E-state index is 0.107. The first-order valence-electron chi connectivity index (χ1n) is 5.98. The molecule has 0 fully saturated rings. The van der Waals surface area contributed by atoms with Gasteiger partial charge >= 0.3 is 0 Å². The lowest BCUT2D eigenvalue weighted by Gasteiger charge is -2.05. The van der Waals surface area contributed by atoms with E-state index in [-0.39, 0.29) is 5.91 Å². The minimum atomic E-state index is 0.107. The molecule has 17 heavy (non-hydrogen) atoms.